The van der Waals surface area contributed by atoms with Gasteiger partial charge in [-0.05, 0) is 59.4 Å². The third kappa shape index (κ3) is 5.79. The van der Waals surface area contributed by atoms with E-state index in [0.29, 0.717) is 27.2 Å². The first-order valence-electron chi connectivity index (χ1n) is 9.36. The van der Waals surface area contributed by atoms with Gasteiger partial charge in [-0.25, -0.2) is 14.6 Å². The lowest BCUT2D eigenvalue weighted by molar-refractivity contribution is -0.384. The van der Waals surface area contributed by atoms with Crippen LogP contribution in [-0.2, 0) is 19.1 Å². The third-order valence-corrected chi connectivity index (χ3v) is 5.34. The summed E-state index contributed by atoms with van der Waals surface area (Å²) in [5, 5.41) is 11.2. The summed E-state index contributed by atoms with van der Waals surface area (Å²) >= 11 is 8.12. The Hall–Kier alpha value is -3.19. The van der Waals surface area contributed by atoms with Crippen LogP contribution >= 0.6 is 34.2 Å². The molecule has 0 spiro atoms. The molecule has 0 bridgehead atoms. The number of non-ortho nitro benzene ring substituents is 1. The van der Waals surface area contributed by atoms with Gasteiger partial charge < -0.3 is 18.9 Å². The number of nitro groups is 1. The molecule has 172 valence electrons. The monoisotopic (exact) mass is 586 g/mol. The number of ether oxygens (including phenoxy) is 4. The van der Waals surface area contributed by atoms with E-state index in [9.17, 15) is 19.7 Å². The Morgan fingerprint density at radius 3 is 2.73 bits per heavy atom. The Labute approximate surface area is 206 Å². The lowest BCUT2D eigenvalue weighted by Crippen LogP contribution is -2.14. The van der Waals surface area contributed by atoms with E-state index in [1.807, 2.05) is 22.6 Å². The average molecular weight is 587 g/mol. The van der Waals surface area contributed by atoms with Gasteiger partial charge in [-0.15, -0.1) is 0 Å². The lowest BCUT2D eigenvalue weighted by atomic mass is 10.1. The van der Waals surface area contributed by atoms with Crippen molar-refractivity contribution in [3.63, 3.8) is 0 Å². The molecule has 0 amide bonds. The highest BCUT2D eigenvalue weighted by Gasteiger charge is 2.27. The minimum Gasteiger partial charge on any atom is -0.490 e. The van der Waals surface area contributed by atoms with E-state index in [-0.39, 0.29) is 34.5 Å². The zero-order valence-electron chi connectivity index (χ0n) is 17.3. The molecule has 0 aromatic heterocycles. The summed E-state index contributed by atoms with van der Waals surface area (Å²) in [5.41, 5.74) is 0.423. The SMILES string of the molecule is CCOc1cc(/C=C2\N=C(c3cc([N+](=O)[O-])ccc3Cl)OC2=O)cc(I)c1OCC(=O)OC. The zero-order valence-corrected chi connectivity index (χ0v) is 20.2. The van der Waals surface area contributed by atoms with Crippen LogP contribution in [0.5, 0.6) is 11.5 Å². The van der Waals surface area contributed by atoms with Crippen LogP contribution in [0.2, 0.25) is 5.02 Å². The molecular weight excluding hydrogens is 571 g/mol. The number of benzene rings is 2. The number of hydrogen-bond donors (Lipinski definition) is 0. The summed E-state index contributed by atoms with van der Waals surface area (Å²) in [4.78, 5) is 38.4. The van der Waals surface area contributed by atoms with Gasteiger partial charge in [0, 0.05) is 12.1 Å². The first-order valence-corrected chi connectivity index (χ1v) is 10.8. The smallest absolute Gasteiger partial charge is 0.363 e. The molecule has 0 unspecified atom stereocenters. The molecule has 1 heterocycles. The quantitative estimate of drug-likeness (QED) is 0.148. The Kier molecular flexibility index (Phi) is 7.87. The predicted octanol–water partition coefficient (Wildman–Crippen LogP) is 4.15. The molecule has 0 aliphatic carbocycles. The summed E-state index contributed by atoms with van der Waals surface area (Å²) in [7, 11) is 1.26. The van der Waals surface area contributed by atoms with Crippen molar-refractivity contribution >= 4 is 63.8 Å². The summed E-state index contributed by atoms with van der Waals surface area (Å²) in [6.07, 6.45) is 1.47. The second-order valence-corrected chi connectivity index (χ2v) is 7.95. The number of hydrogen-bond acceptors (Lipinski definition) is 9. The second-order valence-electron chi connectivity index (χ2n) is 6.39. The molecule has 12 heteroatoms. The van der Waals surface area contributed by atoms with Crippen LogP contribution < -0.4 is 9.47 Å². The van der Waals surface area contributed by atoms with Crippen molar-refractivity contribution in [3.8, 4) is 11.5 Å². The van der Waals surface area contributed by atoms with Gasteiger partial charge in [0.15, 0.2) is 23.8 Å². The number of carbonyl (C=O) groups is 2. The van der Waals surface area contributed by atoms with Crippen LogP contribution in [0.3, 0.4) is 0 Å². The molecule has 0 saturated heterocycles. The van der Waals surface area contributed by atoms with E-state index in [1.165, 1.54) is 31.4 Å². The number of carbonyl (C=O) groups excluding carboxylic acids is 2. The van der Waals surface area contributed by atoms with Crippen molar-refractivity contribution in [3.05, 3.63) is 65.9 Å². The normalized spacial score (nSPS) is 14.0. The molecule has 3 rings (SSSR count). The summed E-state index contributed by atoms with van der Waals surface area (Å²) in [6, 6.07) is 7.06. The van der Waals surface area contributed by atoms with E-state index in [4.69, 9.17) is 25.8 Å². The van der Waals surface area contributed by atoms with Gasteiger partial charge in [0.05, 0.1) is 32.8 Å². The topological polar surface area (TPSA) is 127 Å². The van der Waals surface area contributed by atoms with Crippen molar-refractivity contribution in [1.82, 2.24) is 0 Å². The van der Waals surface area contributed by atoms with E-state index < -0.39 is 16.9 Å². The minimum absolute atomic E-state index is 0.0333. The molecule has 0 saturated carbocycles. The van der Waals surface area contributed by atoms with Crippen LogP contribution in [0.1, 0.15) is 18.1 Å². The van der Waals surface area contributed by atoms with Crippen LogP contribution in [-0.4, -0.2) is 43.1 Å². The number of halogens is 2. The largest absolute Gasteiger partial charge is 0.490 e. The molecule has 0 atom stereocenters. The van der Waals surface area contributed by atoms with E-state index >= 15 is 0 Å². The maximum Gasteiger partial charge on any atom is 0.363 e. The molecule has 0 radical (unpaired) electrons. The van der Waals surface area contributed by atoms with E-state index in [1.54, 1.807) is 19.1 Å². The molecule has 0 N–H and O–H groups in total. The number of esters is 2. The van der Waals surface area contributed by atoms with Crippen LogP contribution in [0.25, 0.3) is 6.08 Å². The number of aliphatic imine (C=N–C) groups is 1. The molecular formula is C21H16ClIN2O8. The Morgan fingerprint density at radius 1 is 1.30 bits per heavy atom. The van der Waals surface area contributed by atoms with Gasteiger partial charge in [-0.1, -0.05) is 11.6 Å². The highest BCUT2D eigenvalue weighted by Crippen LogP contribution is 2.35. The van der Waals surface area contributed by atoms with Gasteiger partial charge in [0.1, 0.15) is 0 Å². The summed E-state index contributed by atoms with van der Waals surface area (Å²) < 4.78 is 21.5. The number of nitrogens with zero attached hydrogens (tertiary/aromatic N) is 2. The first kappa shape index (κ1) is 24.5. The highest BCUT2D eigenvalue weighted by atomic mass is 127. The lowest BCUT2D eigenvalue weighted by Gasteiger charge is -2.14. The van der Waals surface area contributed by atoms with Gasteiger partial charge >= 0.3 is 11.9 Å². The average Bonchev–Trinajstić information content (AvgIpc) is 3.13. The zero-order chi connectivity index (χ0) is 24.1. The fourth-order valence-electron chi connectivity index (χ4n) is 2.74. The molecule has 0 fully saturated rings. The van der Waals surface area contributed by atoms with Gasteiger partial charge in [0.25, 0.3) is 5.69 Å². The number of rotatable bonds is 8. The number of nitro benzene ring substituents is 1. The van der Waals surface area contributed by atoms with Crippen molar-refractivity contribution < 1.29 is 33.5 Å². The molecule has 33 heavy (non-hydrogen) atoms. The maximum atomic E-state index is 12.4. The standard InChI is InChI=1S/C21H16ClIN2O8/c1-3-31-17-8-11(6-15(23)19(17)32-10-18(26)30-2)7-16-21(27)33-20(24-16)13-9-12(25(28)29)4-5-14(13)22/h4-9H,3,10H2,1-2H3/b16-7-. The fourth-order valence-corrected chi connectivity index (χ4v) is 3.72. The Bertz CT molecular complexity index is 1200. The van der Waals surface area contributed by atoms with Crippen LogP contribution in [0.4, 0.5) is 5.69 Å². The Balaban J connectivity index is 1.96. The molecule has 1 aliphatic rings. The van der Waals surface area contributed by atoms with Gasteiger partial charge in [-0.3, -0.25) is 10.1 Å². The van der Waals surface area contributed by atoms with Gasteiger partial charge in [0.2, 0.25) is 5.90 Å². The Morgan fingerprint density at radius 2 is 2.06 bits per heavy atom. The van der Waals surface area contributed by atoms with Crippen molar-refractivity contribution in [2.24, 2.45) is 4.99 Å². The summed E-state index contributed by atoms with van der Waals surface area (Å²) in [5.74, 6) is -0.719. The maximum absolute atomic E-state index is 12.4. The van der Waals surface area contributed by atoms with E-state index in [2.05, 4.69) is 9.73 Å². The third-order valence-electron chi connectivity index (χ3n) is 4.21. The summed E-state index contributed by atoms with van der Waals surface area (Å²) in [6.45, 7) is 1.83. The molecule has 1 aliphatic heterocycles. The minimum atomic E-state index is -0.744. The second kappa shape index (κ2) is 10.6. The molecule has 2 aromatic rings. The first-order chi connectivity index (χ1) is 15.7. The fraction of sp³-hybridized carbons (Fsp3) is 0.190. The van der Waals surface area contributed by atoms with E-state index in [0.717, 1.165) is 0 Å². The highest BCUT2D eigenvalue weighted by molar-refractivity contribution is 14.1. The molecule has 10 nitrogen and oxygen atoms in total. The van der Waals surface area contributed by atoms with Crippen LogP contribution in [0.15, 0.2) is 41.0 Å². The number of methoxy groups -OCH3 is 1. The van der Waals surface area contributed by atoms with Crippen molar-refractivity contribution in [2.45, 2.75) is 6.92 Å². The predicted molar refractivity (Wildman–Crippen MR) is 127 cm³/mol. The molecule has 2 aromatic carbocycles. The van der Waals surface area contributed by atoms with Crippen LogP contribution in [0, 0.1) is 13.7 Å². The van der Waals surface area contributed by atoms with Crippen molar-refractivity contribution in [1.29, 1.82) is 0 Å². The van der Waals surface area contributed by atoms with Crippen molar-refractivity contribution in [2.75, 3.05) is 20.3 Å². The van der Waals surface area contributed by atoms with Gasteiger partial charge in [-0.2, -0.15) is 0 Å². The number of cyclic esters (lactones) is 1.